The Morgan fingerprint density at radius 1 is 0.800 bits per heavy atom. The first-order chi connectivity index (χ1) is 21.0. The van der Waals surface area contributed by atoms with Crippen LogP contribution in [-0.2, 0) is 47.6 Å². The highest BCUT2D eigenvalue weighted by atomic mass is 19.4. The number of benzene rings is 2. The number of nitrogens with zero attached hydrogens (tertiary/aromatic N) is 3. The van der Waals surface area contributed by atoms with E-state index in [2.05, 4.69) is 15.3 Å². The number of ether oxygens (including phenoxy) is 1. The number of aromatic nitrogens is 2. The summed E-state index contributed by atoms with van der Waals surface area (Å²) in [7, 11) is 0. The van der Waals surface area contributed by atoms with Crippen molar-refractivity contribution in [3.63, 3.8) is 0 Å². The van der Waals surface area contributed by atoms with Crippen molar-refractivity contribution in [2.75, 3.05) is 24.6 Å². The standard InChI is InChI=1S/C29H26F10N4O2/c30-24-2-1-21(27(31,32)33)11-20(24)16-43(15-18-9-22(28(34,35)36)12-23(10-18)29(37,38)39)26-41-13-17(14-42-26)5-8-45-25(44)19-3-6-40-7-4-19/h1-2,9-14,19,40H,3-8,15-16H2. The molecule has 1 aromatic heterocycles. The Hall–Kier alpha value is -3.95. The second-order valence-electron chi connectivity index (χ2n) is 10.4. The molecule has 0 aliphatic carbocycles. The molecule has 6 nitrogen and oxygen atoms in total. The number of carbonyl (C=O) groups is 1. The van der Waals surface area contributed by atoms with Gasteiger partial charge < -0.3 is 15.0 Å². The molecule has 1 aliphatic heterocycles. The third-order valence-electron chi connectivity index (χ3n) is 7.04. The summed E-state index contributed by atoms with van der Waals surface area (Å²) in [5.41, 5.74) is -5.05. The van der Waals surface area contributed by atoms with Crippen LogP contribution in [0.3, 0.4) is 0 Å². The number of anilines is 1. The summed E-state index contributed by atoms with van der Waals surface area (Å²) in [5.74, 6) is -2.00. The number of carbonyl (C=O) groups excluding carboxylic acids is 1. The molecular weight excluding hydrogens is 626 g/mol. The fourth-order valence-electron chi connectivity index (χ4n) is 4.69. The Morgan fingerprint density at radius 3 is 1.93 bits per heavy atom. The van der Waals surface area contributed by atoms with E-state index in [0.717, 1.165) is 4.90 Å². The molecular formula is C29H26F10N4O2. The second kappa shape index (κ2) is 13.6. The van der Waals surface area contributed by atoms with Gasteiger partial charge in [0, 0.05) is 37.5 Å². The normalized spacial score (nSPS) is 14.8. The quantitative estimate of drug-likeness (QED) is 0.199. The van der Waals surface area contributed by atoms with Crippen molar-refractivity contribution in [3.8, 4) is 0 Å². The van der Waals surface area contributed by atoms with Crippen molar-refractivity contribution >= 4 is 11.9 Å². The Balaban J connectivity index is 1.61. The summed E-state index contributed by atoms with van der Waals surface area (Å²) < 4.78 is 141. The van der Waals surface area contributed by atoms with Crippen LogP contribution in [0.2, 0.25) is 0 Å². The van der Waals surface area contributed by atoms with Crippen molar-refractivity contribution in [2.45, 2.75) is 50.9 Å². The van der Waals surface area contributed by atoms with E-state index in [0.29, 0.717) is 61.8 Å². The minimum Gasteiger partial charge on any atom is -0.465 e. The summed E-state index contributed by atoms with van der Waals surface area (Å²) >= 11 is 0. The first kappa shape index (κ1) is 33.9. The zero-order valence-corrected chi connectivity index (χ0v) is 23.3. The molecule has 16 heteroatoms. The van der Waals surface area contributed by atoms with Crippen molar-refractivity contribution in [3.05, 3.63) is 88.0 Å². The first-order valence-corrected chi connectivity index (χ1v) is 13.6. The van der Waals surface area contributed by atoms with Gasteiger partial charge in [0.05, 0.1) is 29.2 Å². The zero-order valence-electron chi connectivity index (χ0n) is 23.3. The fraction of sp³-hybridized carbons (Fsp3) is 0.414. The third kappa shape index (κ3) is 9.28. The molecule has 2 aromatic carbocycles. The van der Waals surface area contributed by atoms with Gasteiger partial charge in [0.15, 0.2) is 0 Å². The predicted octanol–water partition coefficient (Wildman–Crippen LogP) is 6.96. The molecule has 0 atom stereocenters. The van der Waals surface area contributed by atoms with Gasteiger partial charge in [-0.1, -0.05) is 0 Å². The number of halogens is 10. The van der Waals surface area contributed by atoms with E-state index in [1.165, 1.54) is 12.4 Å². The first-order valence-electron chi connectivity index (χ1n) is 13.6. The van der Waals surface area contributed by atoms with E-state index < -0.39 is 65.3 Å². The number of rotatable bonds is 9. The molecule has 4 rings (SSSR count). The number of hydrogen-bond acceptors (Lipinski definition) is 6. The van der Waals surface area contributed by atoms with E-state index in [1.54, 1.807) is 0 Å². The zero-order chi connectivity index (χ0) is 33.0. The Kier molecular flexibility index (Phi) is 10.2. The molecule has 244 valence electrons. The van der Waals surface area contributed by atoms with Crippen molar-refractivity contribution in [1.29, 1.82) is 0 Å². The molecule has 0 amide bonds. The van der Waals surface area contributed by atoms with Gasteiger partial charge in [-0.25, -0.2) is 14.4 Å². The third-order valence-corrected chi connectivity index (χ3v) is 7.04. The van der Waals surface area contributed by atoms with Crippen LogP contribution in [0.5, 0.6) is 0 Å². The maximum atomic E-state index is 14.6. The minimum atomic E-state index is -5.15. The van der Waals surface area contributed by atoms with E-state index in [4.69, 9.17) is 4.74 Å². The minimum absolute atomic E-state index is 0.0188. The summed E-state index contributed by atoms with van der Waals surface area (Å²) in [6.07, 6.45) is -11.2. The van der Waals surface area contributed by atoms with Crippen LogP contribution >= 0.6 is 0 Å². The van der Waals surface area contributed by atoms with Gasteiger partial charge in [0.1, 0.15) is 5.82 Å². The monoisotopic (exact) mass is 652 g/mol. The smallest absolute Gasteiger partial charge is 0.416 e. The molecule has 0 bridgehead atoms. The summed E-state index contributed by atoms with van der Waals surface area (Å²) in [6, 6.07) is 2.38. The lowest BCUT2D eigenvalue weighted by atomic mass is 9.99. The van der Waals surface area contributed by atoms with Gasteiger partial charge in [-0.05, 0) is 73.5 Å². The van der Waals surface area contributed by atoms with Crippen LogP contribution in [0.15, 0.2) is 48.8 Å². The van der Waals surface area contributed by atoms with E-state index in [9.17, 15) is 48.7 Å². The molecule has 1 saturated heterocycles. The molecule has 1 N–H and O–H groups in total. The molecule has 1 fully saturated rings. The summed E-state index contributed by atoms with van der Waals surface area (Å²) in [4.78, 5) is 21.3. The summed E-state index contributed by atoms with van der Waals surface area (Å²) in [6.45, 7) is -0.131. The average molecular weight is 653 g/mol. The van der Waals surface area contributed by atoms with Crippen LogP contribution < -0.4 is 10.2 Å². The van der Waals surface area contributed by atoms with Crippen LogP contribution in [0, 0.1) is 11.7 Å². The Morgan fingerprint density at radius 2 is 1.38 bits per heavy atom. The number of alkyl halides is 9. The van der Waals surface area contributed by atoms with Gasteiger partial charge >= 0.3 is 24.5 Å². The highest BCUT2D eigenvalue weighted by molar-refractivity contribution is 5.72. The maximum Gasteiger partial charge on any atom is 0.416 e. The highest BCUT2D eigenvalue weighted by Gasteiger charge is 2.37. The number of nitrogens with one attached hydrogen (secondary N) is 1. The van der Waals surface area contributed by atoms with Gasteiger partial charge in [-0.2, -0.15) is 39.5 Å². The van der Waals surface area contributed by atoms with Crippen molar-refractivity contribution in [1.82, 2.24) is 15.3 Å². The van der Waals surface area contributed by atoms with Gasteiger partial charge in [-0.15, -0.1) is 0 Å². The number of hydrogen-bond donors (Lipinski definition) is 1. The lowest BCUT2D eigenvalue weighted by Gasteiger charge is -2.25. The van der Waals surface area contributed by atoms with Crippen molar-refractivity contribution in [2.24, 2.45) is 5.92 Å². The second-order valence-corrected chi connectivity index (χ2v) is 10.4. The SMILES string of the molecule is O=C(OCCc1cnc(N(Cc2cc(C(F)(F)F)cc(C(F)(F)F)c2)Cc2cc(C(F)(F)F)ccc2F)nc1)C1CCNCC1. The van der Waals surface area contributed by atoms with Crippen LogP contribution in [0.1, 0.15) is 46.2 Å². The maximum absolute atomic E-state index is 14.6. The number of esters is 1. The fourth-order valence-corrected chi connectivity index (χ4v) is 4.69. The van der Waals surface area contributed by atoms with Crippen LogP contribution in [0.4, 0.5) is 49.9 Å². The molecule has 45 heavy (non-hydrogen) atoms. The molecule has 0 unspecified atom stereocenters. The lowest BCUT2D eigenvalue weighted by Crippen LogP contribution is -2.33. The molecule has 0 radical (unpaired) electrons. The average Bonchev–Trinajstić information content (AvgIpc) is 2.97. The van der Waals surface area contributed by atoms with Crippen molar-refractivity contribution < 1.29 is 53.4 Å². The van der Waals surface area contributed by atoms with E-state index in [1.807, 2.05) is 0 Å². The molecule has 3 aromatic rings. The highest BCUT2D eigenvalue weighted by Crippen LogP contribution is 2.37. The lowest BCUT2D eigenvalue weighted by molar-refractivity contribution is -0.149. The van der Waals surface area contributed by atoms with Gasteiger partial charge in [0.2, 0.25) is 5.95 Å². The topological polar surface area (TPSA) is 67.3 Å². The summed E-state index contributed by atoms with van der Waals surface area (Å²) in [5, 5.41) is 3.13. The van der Waals surface area contributed by atoms with Gasteiger partial charge in [0.25, 0.3) is 0 Å². The molecule has 2 heterocycles. The molecule has 0 saturated carbocycles. The Labute approximate surface area is 250 Å². The Bertz CT molecular complexity index is 1440. The van der Waals surface area contributed by atoms with E-state index >= 15 is 0 Å². The largest absolute Gasteiger partial charge is 0.465 e. The molecule has 1 aliphatic rings. The van der Waals surface area contributed by atoms with Gasteiger partial charge in [-0.3, -0.25) is 4.79 Å². The van der Waals surface area contributed by atoms with Crippen LogP contribution in [0.25, 0.3) is 0 Å². The number of piperidine rings is 1. The molecule has 0 spiro atoms. The van der Waals surface area contributed by atoms with Crippen LogP contribution in [-0.4, -0.2) is 35.6 Å². The van der Waals surface area contributed by atoms with E-state index in [-0.39, 0.29) is 36.9 Å². The predicted molar refractivity (Wildman–Crippen MR) is 140 cm³/mol.